The van der Waals surface area contributed by atoms with Gasteiger partial charge in [-0.1, -0.05) is 0 Å². The van der Waals surface area contributed by atoms with Crippen molar-refractivity contribution in [1.82, 2.24) is 15.5 Å². The Morgan fingerprint density at radius 1 is 1.35 bits per heavy atom. The summed E-state index contributed by atoms with van der Waals surface area (Å²) in [6.07, 6.45) is 5.20. The summed E-state index contributed by atoms with van der Waals surface area (Å²) in [5, 5.41) is 6.52. The Hall–Kier alpha value is -0.610. The molecular weight excluding hydrogens is 214 g/mol. The van der Waals surface area contributed by atoms with Gasteiger partial charge in [0.1, 0.15) is 0 Å². The first-order valence-corrected chi connectivity index (χ1v) is 6.92. The molecule has 1 amide bonds. The predicted molar refractivity (Wildman–Crippen MR) is 68.9 cm³/mol. The molecule has 98 valence electrons. The summed E-state index contributed by atoms with van der Waals surface area (Å²) in [4.78, 5) is 14.1. The average molecular weight is 239 g/mol. The molecule has 0 aromatic heterocycles. The fraction of sp³-hybridized carbons (Fsp3) is 0.923. The van der Waals surface area contributed by atoms with Crippen molar-refractivity contribution in [3.8, 4) is 0 Å². The number of carbonyl (C=O) groups is 1. The molecule has 2 fully saturated rings. The molecule has 2 aliphatic rings. The molecule has 2 aliphatic heterocycles. The molecule has 2 saturated heterocycles. The van der Waals surface area contributed by atoms with Crippen molar-refractivity contribution in [2.24, 2.45) is 5.92 Å². The Labute approximate surface area is 104 Å². The Morgan fingerprint density at radius 2 is 2.12 bits per heavy atom. The van der Waals surface area contributed by atoms with E-state index >= 15 is 0 Å². The van der Waals surface area contributed by atoms with E-state index < -0.39 is 0 Å². The summed E-state index contributed by atoms with van der Waals surface area (Å²) >= 11 is 0. The molecule has 2 N–H and O–H groups in total. The molecule has 0 aromatic carbocycles. The van der Waals surface area contributed by atoms with Crippen LogP contribution in [0.5, 0.6) is 0 Å². The van der Waals surface area contributed by atoms with E-state index in [-0.39, 0.29) is 5.91 Å². The Balaban J connectivity index is 1.60. The third-order valence-electron chi connectivity index (χ3n) is 4.03. The van der Waals surface area contributed by atoms with Gasteiger partial charge in [-0.3, -0.25) is 4.79 Å². The second kappa shape index (κ2) is 6.36. The molecule has 17 heavy (non-hydrogen) atoms. The van der Waals surface area contributed by atoms with Crippen LogP contribution in [0.2, 0.25) is 0 Å². The molecule has 0 aliphatic carbocycles. The molecule has 1 unspecified atom stereocenters. The van der Waals surface area contributed by atoms with E-state index in [0.29, 0.717) is 12.5 Å². The summed E-state index contributed by atoms with van der Waals surface area (Å²) in [6.45, 7) is 4.44. The van der Waals surface area contributed by atoms with Crippen molar-refractivity contribution >= 4 is 5.91 Å². The third-order valence-corrected chi connectivity index (χ3v) is 4.03. The number of rotatable bonds is 4. The summed E-state index contributed by atoms with van der Waals surface area (Å²) in [5.41, 5.74) is 0. The van der Waals surface area contributed by atoms with Gasteiger partial charge in [-0.25, -0.2) is 0 Å². The first-order valence-electron chi connectivity index (χ1n) is 6.92. The normalized spacial score (nSPS) is 27.2. The highest BCUT2D eigenvalue weighted by Crippen LogP contribution is 2.14. The van der Waals surface area contributed by atoms with Gasteiger partial charge in [-0.05, 0) is 64.8 Å². The molecule has 0 aromatic rings. The van der Waals surface area contributed by atoms with E-state index in [1.165, 1.54) is 6.42 Å². The maximum absolute atomic E-state index is 11.8. The zero-order chi connectivity index (χ0) is 12.1. The number of hydrogen-bond donors (Lipinski definition) is 2. The van der Waals surface area contributed by atoms with Crippen molar-refractivity contribution in [3.63, 3.8) is 0 Å². The molecule has 4 heteroatoms. The lowest BCUT2D eigenvalue weighted by Gasteiger charge is -2.29. The van der Waals surface area contributed by atoms with Gasteiger partial charge in [-0.15, -0.1) is 0 Å². The van der Waals surface area contributed by atoms with Crippen molar-refractivity contribution in [2.45, 2.75) is 38.1 Å². The van der Waals surface area contributed by atoms with Crippen LogP contribution in [0, 0.1) is 5.92 Å². The van der Waals surface area contributed by atoms with Gasteiger partial charge < -0.3 is 15.5 Å². The van der Waals surface area contributed by atoms with Crippen molar-refractivity contribution in [1.29, 1.82) is 0 Å². The van der Waals surface area contributed by atoms with Gasteiger partial charge >= 0.3 is 0 Å². The summed E-state index contributed by atoms with van der Waals surface area (Å²) < 4.78 is 0. The van der Waals surface area contributed by atoms with Crippen molar-refractivity contribution in [2.75, 3.05) is 33.2 Å². The fourth-order valence-electron chi connectivity index (χ4n) is 2.75. The van der Waals surface area contributed by atoms with Gasteiger partial charge in [0.2, 0.25) is 5.91 Å². The molecule has 0 radical (unpaired) electrons. The van der Waals surface area contributed by atoms with E-state index in [2.05, 4.69) is 22.6 Å². The molecule has 2 heterocycles. The van der Waals surface area contributed by atoms with Crippen LogP contribution in [0.3, 0.4) is 0 Å². The minimum Gasteiger partial charge on any atom is -0.353 e. The van der Waals surface area contributed by atoms with E-state index in [1.807, 2.05) is 0 Å². The van der Waals surface area contributed by atoms with Crippen molar-refractivity contribution < 1.29 is 4.79 Å². The summed E-state index contributed by atoms with van der Waals surface area (Å²) in [5.74, 6) is 0.977. The standard InChI is InChI=1S/C13H25N3O/c1-16-8-5-12(6-9-16)15-13(17)3-2-11-4-7-14-10-11/h11-12,14H,2-10H2,1H3,(H,15,17). The van der Waals surface area contributed by atoms with Crippen LogP contribution in [0.1, 0.15) is 32.1 Å². The maximum atomic E-state index is 11.8. The molecule has 0 spiro atoms. The van der Waals surface area contributed by atoms with Crippen LogP contribution in [0.15, 0.2) is 0 Å². The second-order valence-corrected chi connectivity index (χ2v) is 5.54. The van der Waals surface area contributed by atoms with Crippen LogP contribution < -0.4 is 10.6 Å². The van der Waals surface area contributed by atoms with Gasteiger partial charge in [0.05, 0.1) is 0 Å². The first kappa shape index (κ1) is 12.8. The van der Waals surface area contributed by atoms with Gasteiger partial charge in [-0.2, -0.15) is 0 Å². The lowest BCUT2D eigenvalue weighted by Crippen LogP contribution is -2.43. The van der Waals surface area contributed by atoms with E-state index in [0.717, 1.165) is 51.4 Å². The highest BCUT2D eigenvalue weighted by atomic mass is 16.1. The first-order chi connectivity index (χ1) is 8.24. The van der Waals surface area contributed by atoms with Gasteiger partial charge in [0, 0.05) is 12.5 Å². The largest absolute Gasteiger partial charge is 0.353 e. The smallest absolute Gasteiger partial charge is 0.220 e. The number of likely N-dealkylation sites (tertiary alicyclic amines) is 1. The molecule has 1 atom stereocenters. The van der Waals surface area contributed by atoms with Crippen LogP contribution in [-0.4, -0.2) is 50.1 Å². The Kier molecular flexibility index (Phi) is 4.80. The van der Waals surface area contributed by atoms with Crippen LogP contribution in [0.25, 0.3) is 0 Å². The van der Waals surface area contributed by atoms with E-state index in [1.54, 1.807) is 0 Å². The SMILES string of the molecule is CN1CCC(NC(=O)CCC2CCNC2)CC1. The maximum Gasteiger partial charge on any atom is 0.220 e. The lowest BCUT2D eigenvalue weighted by molar-refractivity contribution is -0.122. The zero-order valence-electron chi connectivity index (χ0n) is 10.9. The topological polar surface area (TPSA) is 44.4 Å². The van der Waals surface area contributed by atoms with Crippen molar-refractivity contribution in [3.05, 3.63) is 0 Å². The van der Waals surface area contributed by atoms with Crippen LogP contribution in [-0.2, 0) is 4.79 Å². The number of nitrogens with one attached hydrogen (secondary N) is 2. The highest BCUT2D eigenvalue weighted by Gasteiger charge is 2.20. The quantitative estimate of drug-likeness (QED) is 0.754. The molecule has 0 bridgehead atoms. The number of piperidine rings is 1. The molecule has 4 nitrogen and oxygen atoms in total. The third kappa shape index (κ3) is 4.28. The molecule has 0 saturated carbocycles. The summed E-state index contributed by atoms with van der Waals surface area (Å²) in [7, 11) is 2.14. The van der Waals surface area contributed by atoms with Crippen LogP contribution in [0.4, 0.5) is 0 Å². The lowest BCUT2D eigenvalue weighted by atomic mass is 10.0. The monoisotopic (exact) mass is 239 g/mol. The van der Waals surface area contributed by atoms with Crippen LogP contribution >= 0.6 is 0 Å². The predicted octanol–water partition coefficient (Wildman–Crippen LogP) is 0.587. The average Bonchev–Trinajstić information content (AvgIpc) is 2.83. The number of amides is 1. The number of hydrogen-bond acceptors (Lipinski definition) is 3. The minimum atomic E-state index is 0.256. The fourth-order valence-corrected chi connectivity index (χ4v) is 2.75. The highest BCUT2D eigenvalue weighted by molar-refractivity contribution is 5.76. The van der Waals surface area contributed by atoms with Gasteiger partial charge in [0.25, 0.3) is 0 Å². The second-order valence-electron chi connectivity index (χ2n) is 5.54. The molecule has 2 rings (SSSR count). The van der Waals surface area contributed by atoms with E-state index in [9.17, 15) is 4.79 Å². The number of nitrogens with zero attached hydrogens (tertiary/aromatic N) is 1. The van der Waals surface area contributed by atoms with E-state index in [4.69, 9.17) is 0 Å². The number of carbonyl (C=O) groups excluding carboxylic acids is 1. The minimum absolute atomic E-state index is 0.256. The Bertz CT molecular complexity index is 243. The van der Waals surface area contributed by atoms with Gasteiger partial charge in [0.15, 0.2) is 0 Å². The summed E-state index contributed by atoms with van der Waals surface area (Å²) in [6, 6.07) is 0.417. The zero-order valence-corrected chi connectivity index (χ0v) is 10.9. The Morgan fingerprint density at radius 3 is 2.76 bits per heavy atom. The molecular formula is C13H25N3O.